The van der Waals surface area contributed by atoms with Gasteiger partial charge >= 0.3 is 0 Å². The highest BCUT2D eigenvalue weighted by Crippen LogP contribution is 2.50. The Bertz CT molecular complexity index is 3000. The molecule has 0 unspecified atom stereocenters. The average Bonchev–Trinajstić information content (AvgIpc) is 4.09. The maximum Gasteiger partial charge on any atom is 0.101 e. The quantitative estimate of drug-likeness (QED) is 0.159. The molecular formula is C54H36N2S2. The van der Waals surface area contributed by atoms with Crippen LogP contribution in [0.1, 0.15) is 22.3 Å². The molecule has 2 heterocycles. The van der Waals surface area contributed by atoms with Gasteiger partial charge in [-0.2, -0.15) is 0 Å². The number of nitrogens with zero attached hydrogens (tertiary/aromatic N) is 2. The number of thiophene rings is 2. The van der Waals surface area contributed by atoms with E-state index in [0.717, 1.165) is 12.8 Å². The van der Waals surface area contributed by atoms with Crippen molar-refractivity contribution in [2.45, 2.75) is 12.8 Å². The summed E-state index contributed by atoms with van der Waals surface area (Å²) in [7, 11) is 0. The zero-order valence-electron chi connectivity index (χ0n) is 31.6. The first-order valence-corrected chi connectivity index (χ1v) is 21.6. The van der Waals surface area contributed by atoms with E-state index in [0.29, 0.717) is 0 Å². The molecule has 2 aliphatic carbocycles. The Balaban J connectivity index is 0.962. The molecule has 0 saturated carbocycles. The summed E-state index contributed by atoms with van der Waals surface area (Å²) in [5, 5.41) is 7.35. The summed E-state index contributed by atoms with van der Waals surface area (Å²) in [5.41, 5.74) is 15.7. The predicted octanol–water partition coefficient (Wildman–Crippen LogP) is 15.9. The molecule has 2 aliphatic rings. The maximum absolute atomic E-state index is 2.47. The number of hydrogen-bond donors (Lipinski definition) is 0. The fourth-order valence-electron chi connectivity index (χ4n) is 9.28. The molecule has 0 fully saturated rings. The molecule has 10 aromatic rings. The van der Waals surface area contributed by atoms with Crippen molar-refractivity contribution >= 4 is 77.0 Å². The highest BCUT2D eigenvalue weighted by molar-refractivity contribution is 7.26. The van der Waals surface area contributed by atoms with Crippen molar-refractivity contribution in [3.8, 4) is 32.0 Å². The molecule has 12 rings (SSSR count). The summed E-state index contributed by atoms with van der Waals surface area (Å²) >= 11 is 3.72. The van der Waals surface area contributed by atoms with Gasteiger partial charge in [-0.3, -0.25) is 0 Å². The lowest BCUT2D eigenvalue weighted by Gasteiger charge is -2.26. The number of rotatable bonds is 7. The van der Waals surface area contributed by atoms with Crippen LogP contribution in [0.25, 0.3) is 53.6 Å². The predicted molar refractivity (Wildman–Crippen MR) is 248 cm³/mol. The first-order chi connectivity index (χ1) is 28.7. The summed E-state index contributed by atoms with van der Waals surface area (Å²) in [4.78, 5) is 7.46. The molecule has 2 nitrogen and oxygen atoms in total. The summed E-state index contributed by atoms with van der Waals surface area (Å²) in [6.07, 6.45) is 1.92. The lowest BCUT2D eigenvalue weighted by molar-refractivity contribution is 1.24. The molecule has 0 aliphatic heterocycles. The van der Waals surface area contributed by atoms with Gasteiger partial charge in [-0.05, 0) is 129 Å². The number of anilines is 6. The Kier molecular flexibility index (Phi) is 7.75. The van der Waals surface area contributed by atoms with Gasteiger partial charge < -0.3 is 9.80 Å². The van der Waals surface area contributed by atoms with E-state index in [-0.39, 0.29) is 0 Å². The van der Waals surface area contributed by atoms with Crippen LogP contribution in [0.2, 0.25) is 0 Å². The fraction of sp³-hybridized carbons (Fsp3) is 0.0370. The summed E-state index contributed by atoms with van der Waals surface area (Å²) < 4.78 is 0. The highest BCUT2D eigenvalue weighted by atomic mass is 32.1. The smallest absolute Gasteiger partial charge is 0.101 e. The third kappa shape index (κ3) is 5.44. The second-order valence-electron chi connectivity index (χ2n) is 15.3. The molecule has 2 aromatic heterocycles. The van der Waals surface area contributed by atoms with Gasteiger partial charge in [-0.15, -0.1) is 22.7 Å². The second-order valence-corrected chi connectivity index (χ2v) is 17.4. The largest absolute Gasteiger partial charge is 0.301 e. The van der Waals surface area contributed by atoms with Gasteiger partial charge in [0.15, 0.2) is 0 Å². The molecule has 0 N–H and O–H groups in total. The third-order valence-corrected chi connectivity index (χ3v) is 14.3. The molecule has 0 bridgehead atoms. The maximum atomic E-state index is 2.47. The van der Waals surface area contributed by atoms with Crippen LogP contribution in [0.5, 0.6) is 0 Å². The number of fused-ring (bicyclic) bond motifs is 8. The molecule has 4 heteroatoms. The Labute approximate surface area is 346 Å². The van der Waals surface area contributed by atoms with Crippen LogP contribution in [0.15, 0.2) is 194 Å². The van der Waals surface area contributed by atoms with Crippen molar-refractivity contribution in [2.24, 2.45) is 0 Å². The molecule has 58 heavy (non-hydrogen) atoms. The topological polar surface area (TPSA) is 6.48 Å². The molecule has 0 radical (unpaired) electrons. The van der Waals surface area contributed by atoms with Crippen molar-refractivity contribution in [1.82, 2.24) is 0 Å². The average molecular weight is 777 g/mol. The van der Waals surface area contributed by atoms with E-state index in [1.807, 2.05) is 22.7 Å². The standard InChI is InChI=1S/C54H36N2S2/c1-7-19-47-35(11-1)15-9-21-49(47)55(41-23-25-45-39(33-41)31-37-13-3-5-17-43(37)45)53-29-27-51(57-53)52-28-30-54(58-52)56(50-22-10-16-36-12-2-8-20-48(36)50)42-24-26-46-40(34-42)32-38-14-4-6-18-44(38)46/h1-30,33-34H,31-32H2. The van der Waals surface area contributed by atoms with Crippen LogP contribution >= 0.6 is 22.7 Å². The summed E-state index contributed by atoms with van der Waals surface area (Å²) in [6, 6.07) is 71.8. The SMILES string of the molecule is c1ccc2c(c1)Cc1cc(N(c3ccc(-c4ccc(N(c5ccc6c(c5)Cc5ccccc5-6)c5cccc6ccccc56)s4)s3)c3cccc4ccccc34)ccc1-2. The van der Waals surface area contributed by atoms with Gasteiger partial charge in [0.2, 0.25) is 0 Å². The van der Waals surface area contributed by atoms with Gasteiger partial charge in [0.05, 0.1) is 11.4 Å². The van der Waals surface area contributed by atoms with Crippen LogP contribution in [0.4, 0.5) is 32.8 Å². The van der Waals surface area contributed by atoms with Crippen LogP contribution in [0.3, 0.4) is 0 Å². The third-order valence-electron chi connectivity index (χ3n) is 12.0. The Hall–Kier alpha value is -6.72. The zero-order valence-corrected chi connectivity index (χ0v) is 33.2. The van der Waals surface area contributed by atoms with Gasteiger partial charge in [0.1, 0.15) is 10.0 Å². The van der Waals surface area contributed by atoms with Crippen molar-refractivity contribution in [1.29, 1.82) is 0 Å². The van der Waals surface area contributed by atoms with E-state index >= 15 is 0 Å². The Morgan fingerprint density at radius 2 is 0.741 bits per heavy atom. The van der Waals surface area contributed by atoms with Crippen LogP contribution in [-0.2, 0) is 12.8 Å². The van der Waals surface area contributed by atoms with E-state index in [9.17, 15) is 0 Å². The van der Waals surface area contributed by atoms with Crippen molar-refractivity contribution in [2.75, 3.05) is 9.80 Å². The van der Waals surface area contributed by atoms with Gasteiger partial charge in [-0.1, -0.05) is 133 Å². The lowest BCUT2D eigenvalue weighted by Crippen LogP contribution is -2.09. The first kappa shape index (κ1) is 33.4. The lowest BCUT2D eigenvalue weighted by atomic mass is 10.0. The fourth-order valence-corrected chi connectivity index (χ4v) is 11.5. The molecule has 0 atom stereocenters. The normalized spacial score (nSPS) is 12.3. The molecule has 0 saturated heterocycles. The van der Waals surface area contributed by atoms with Crippen molar-refractivity contribution in [3.05, 3.63) is 216 Å². The minimum Gasteiger partial charge on any atom is -0.301 e. The van der Waals surface area contributed by atoms with Crippen molar-refractivity contribution in [3.63, 3.8) is 0 Å². The minimum absolute atomic E-state index is 0.959. The number of hydrogen-bond acceptors (Lipinski definition) is 4. The minimum atomic E-state index is 0.959. The number of benzene rings is 8. The van der Waals surface area contributed by atoms with Crippen LogP contribution in [-0.4, -0.2) is 0 Å². The highest BCUT2D eigenvalue weighted by Gasteiger charge is 2.25. The molecule has 0 spiro atoms. The first-order valence-electron chi connectivity index (χ1n) is 19.9. The van der Waals surface area contributed by atoms with E-state index in [4.69, 9.17) is 0 Å². The summed E-state index contributed by atoms with van der Waals surface area (Å²) in [6.45, 7) is 0. The van der Waals surface area contributed by atoms with E-state index in [2.05, 4.69) is 204 Å². The van der Waals surface area contributed by atoms with Gasteiger partial charge in [0.25, 0.3) is 0 Å². The molecule has 0 amide bonds. The Morgan fingerprint density at radius 1 is 0.328 bits per heavy atom. The Morgan fingerprint density at radius 3 is 1.24 bits per heavy atom. The molecule has 274 valence electrons. The monoisotopic (exact) mass is 776 g/mol. The van der Waals surface area contributed by atoms with E-state index in [1.165, 1.54) is 109 Å². The molecular weight excluding hydrogens is 741 g/mol. The van der Waals surface area contributed by atoms with Gasteiger partial charge in [-0.25, -0.2) is 0 Å². The summed E-state index contributed by atoms with van der Waals surface area (Å²) in [5.74, 6) is 0. The zero-order chi connectivity index (χ0) is 38.2. The van der Waals surface area contributed by atoms with Gasteiger partial charge in [0, 0.05) is 31.9 Å². The van der Waals surface area contributed by atoms with E-state index < -0.39 is 0 Å². The van der Waals surface area contributed by atoms with Crippen LogP contribution in [0, 0.1) is 0 Å². The van der Waals surface area contributed by atoms with Crippen molar-refractivity contribution < 1.29 is 0 Å². The second kappa shape index (κ2) is 13.5. The van der Waals surface area contributed by atoms with Crippen LogP contribution < -0.4 is 9.80 Å². The van der Waals surface area contributed by atoms with E-state index in [1.54, 1.807) is 0 Å². The molecule has 8 aromatic carbocycles.